The van der Waals surface area contributed by atoms with Gasteiger partial charge in [0.15, 0.2) is 4.77 Å². The van der Waals surface area contributed by atoms with Crippen LogP contribution in [0.25, 0.3) is 22.1 Å². The van der Waals surface area contributed by atoms with E-state index < -0.39 is 11.1 Å². The van der Waals surface area contributed by atoms with Crippen LogP contribution in [-0.4, -0.2) is 19.9 Å². The number of hydrogen-bond acceptors (Lipinski definition) is 3. The molecule has 16 heavy (non-hydrogen) atoms. The highest BCUT2D eigenvalue weighted by molar-refractivity contribution is 7.71. The van der Waals surface area contributed by atoms with Crippen LogP contribution in [-0.2, 0) is 0 Å². The molecule has 4 N–H and O–H groups in total. The molecule has 2 aromatic heterocycles. The molecule has 3 aromatic rings. The molecular formula is C9H6N4O2S. The van der Waals surface area contributed by atoms with Gasteiger partial charge < -0.3 is 19.9 Å². The highest BCUT2D eigenvalue weighted by atomic mass is 32.1. The summed E-state index contributed by atoms with van der Waals surface area (Å²) in [6.45, 7) is 0. The summed E-state index contributed by atoms with van der Waals surface area (Å²) in [5.41, 5.74) is 1.34. The number of H-pyrrole nitrogens is 4. The van der Waals surface area contributed by atoms with E-state index in [9.17, 15) is 9.59 Å². The molecule has 1 aromatic carbocycles. The molecule has 0 aliphatic heterocycles. The predicted molar refractivity (Wildman–Crippen MR) is 62.2 cm³/mol. The quantitative estimate of drug-likeness (QED) is 0.341. The van der Waals surface area contributed by atoms with Crippen LogP contribution in [0.1, 0.15) is 0 Å². The van der Waals surface area contributed by atoms with Gasteiger partial charge in [-0.05, 0) is 24.4 Å². The van der Waals surface area contributed by atoms with Crippen molar-refractivity contribution in [2.24, 2.45) is 0 Å². The van der Waals surface area contributed by atoms with Crippen LogP contribution in [0.15, 0.2) is 21.7 Å². The zero-order chi connectivity index (χ0) is 11.3. The molecule has 0 bridgehead atoms. The van der Waals surface area contributed by atoms with Gasteiger partial charge >= 0.3 is 11.1 Å². The average Bonchev–Trinajstić information content (AvgIpc) is 2.56. The maximum Gasteiger partial charge on any atom is 0.314 e. The number of hydrogen-bond donors (Lipinski definition) is 4. The molecule has 0 aliphatic carbocycles. The topological polar surface area (TPSA) is 97.3 Å². The van der Waals surface area contributed by atoms with Crippen LogP contribution < -0.4 is 11.1 Å². The van der Waals surface area contributed by atoms with Crippen molar-refractivity contribution in [2.75, 3.05) is 0 Å². The Labute approximate surface area is 92.3 Å². The lowest BCUT2D eigenvalue weighted by atomic mass is 10.2. The summed E-state index contributed by atoms with van der Waals surface area (Å²) in [6, 6.07) is 3.43. The van der Waals surface area contributed by atoms with E-state index in [4.69, 9.17) is 12.2 Å². The Hall–Kier alpha value is -2.15. The molecule has 0 fully saturated rings. The first-order valence-corrected chi connectivity index (χ1v) is 4.93. The molecular weight excluding hydrogens is 228 g/mol. The van der Waals surface area contributed by atoms with Crippen LogP contribution in [0, 0.1) is 4.77 Å². The van der Waals surface area contributed by atoms with Gasteiger partial charge in [-0.1, -0.05) is 0 Å². The third-order valence-electron chi connectivity index (χ3n) is 2.36. The zero-order valence-corrected chi connectivity index (χ0v) is 8.70. The number of fused-ring (bicyclic) bond motifs is 2. The Morgan fingerprint density at radius 3 is 1.56 bits per heavy atom. The van der Waals surface area contributed by atoms with Crippen molar-refractivity contribution in [3.8, 4) is 0 Å². The van der Waals surface area contributed by atoms with E-state index in [1.807, 2.05) is 0 Å². The van der Waals surface area contributed by atoms with E-state index in [-0.39, 0.29) is 0 Å². The van der Waals surface area contributed by atoms with Crippen molar-refractivity contribution in [3.63, 3.8) is 0 Å². The molecule has 0 atom stereocenters. The number of aromatic amines is 4. The molecule has 0 unspecified atom stereocenters. The zero-order valence-electron chi connectivity index (χ0n) is 7.88. The lowest BCUT2D eigenvalue weighted by Crippen LogP contribution is -2.28. The van der Waals surface area contributed by atoms with Gasteiger partial charge in [0.05, 0.1) is 22.1 Å². The van der Waals surface area contributed by atoms with Gasteiger partial charge in [-0.3, -0.25) is 9.59 Å². The SMILES string of the molecule is O=c1[nH]c2cc3[nH]c(=S)[nH]c3cc2[nH]c1=O. The fraction of sp³-hybridized carbons (Fsp3) is 0. The highest BCUT2D eigenvalue weighted by Gasteiger charge is 2.03. The standard InChI is InChI=1S/C9H6N4O2S/c14-7-8(15)11-4-2-6-5(1-3(4)10-7)12-9(16)13-6/h1-2H,(H,10,14)(H,11,15)(H2,12,13,16). The molecule has 0 amide bonds. The van der Waals surface area contributed by atoms with Gasteiger partial charge in [-0.25, -0.2) is 0 Å². The number of nitrogens with one attached hydrogen (secondary N) is 4. The van der Waals surface area contributed by atoms with Crippen LogP contribution in [0.2, 0.25) is 0 Å². The molecule has 80 valence electrons. The minimum atomic E-state index is -0.666. The summed E-state index contributed by atoms with van der Waals surface area (Å²) in [6.07, 6.45) is 0. The monoisotopic (exact) mass is 234 g/mol. The first-order valence-electron chi connectivity index (χ1n) is 4.52. The Morgan fingerprint density at radius 2 is 1.12 bits per heavy atom. The third-order valence-corrected chi connectivity index (χ3v) is 2.56. The van der Waals surface area contributed by atoms with Gasteiger partial charge in [0.25, 0.3) is 0 Å². The van der Waals surface area contributed by atoms with Crippen molar-refractivity contribution in [1.82, 2.24) is 19.9 Å². The fourth-order valence-electron chi connectivity index (χ4n) is 1.65. The van der Waals surface area contributed by atoms with E-state index in [1.165, 1.54) is 0 Å². The van der Waals surface area contributed by atoms with Crippen molar-refractivity contribution in [3.05, 3.63) is 37.6 Å². The normalized spacial score (nSPS) is 11.2. The summed E-state index contributed by atoms with van der Waals surface area (Å²) < 4.78 is 0.495. The van der Waals surface area contributed by atoms with E-state index in [1.54, 1.807) is 12.1 Å². The maximum absolute atomic E-state index is 11.1. The number of aromatic nitrogens is 4. The maximum atomic E-state index is 11.1. The van der Waals surface area contributed by atoms with Crippen LogP contribution in [0.3, 0.4) is 0 Å². The first kappa shape index (κ1) is 9.10. The molecule has 6 nitrogen and oxygen atoms in total. The van der Waals surface area contributed by atoms with Crippen molar-refractivity contribution < 1.29 is 0 Å². The summed E-state index contributed by atoms with van der Waals surface area (Å²) >= 11 is 4.95. The largest absolute Gasteiger partial charge is 0.331 e. The molecule has 0 spiro atoms. The van der Waals surface area contributed by atoms with Crippen molar-refractivity contribution >= 4 is 34.3 Å². The van der Waals surface area contributed by atoms with E-state index >= 15 is 0 Å². The van der Waals surface area contributed by atoms with E-state index in [0.717, 1.165) is 11.0 Å². The summed E-state index contributed by atoms with van der Waals surface area (Å²) in [4.78, 5) is 33.1. The molecule has 2 heterocycles. The molecule has 0 saturated heterocycles. The minimum absolute atomic E-state index is 0.495. The second-order valence-corrected chi connectivity index (χ2v) is 3.84. The number of rotatable bonds is 0. The molecule has 0 saturated carbocycles. The van der Waals surface area contributed by atoms with Crippen LogP contribution in [0.5, 0.6) is 0 Å². The Balaban J connectivity index is 2.60. The highest BCUT2D eigenvalue weighted by Crippen LogP contribution is 2.15. The third kappa shape index (κ3) is 1.22. The number of imidazole rings is 1. The summed E-state index contributed by atoms with van der Waals surface area (Å²) in [7, 11) is 0. The van der Waals surface area contributed by atoms with E-state index in [2.05, 4.69) is 19.9 Å². The Kier molecular flexibility index (Phi) is 1.66. The van der Waals surface area contributed by atoms with Gasteiger partial charge in [0, 0.05) is 0 Å². The lowest BCUT2D eigenvalue weighted by molar-refractivity contribution is 1.15. The van der Waals surface area contributed by atoms with Gasteiger partial charge in [0.1, 0.15) is 0 Å². The average molecular weight is 234 g/mol. The molecule has 0 radical (unpaired) electrons. The first-order chi connectivity index (χ1) is 7.63. The summed E-state index contributed by atoms with van der Waals surface area (Å²) in [5.74, 6) is 0. The minimum Gasteiger partial charge on any atom is -0.331 e. The predicted octanol–water partition coefficient (Wildman–Crippen LogP) is 0.755. The van der Waals surface area contributed by atoms with E-state index in [0.29, 0.717) is 15.8 Å². The molecule has 3 rings (SSSR count). The van der Waals surface area contributed by atoms with Crippen molar-refractivity contribution in [1.29, 1.82) is 0 Å². The lowest BCUT2D eigenvalue weighted by Gasteiger charge is -1.96. The van der Waals surface area contributed by atoms with Gasteiger partial charge in [0.2, 0.25) is 0 Å². The van der Waals surface area contributed by atoms with Gasteiger partial charge in [-0.2, -0.15) is 0 Å². The fourth-order valence-corrected chi connectivity index (χ4v) is 1.87. The van der Waals surface area contributed by atoms with Gasteiger partial charge in [-0.15, -0.1) is 0 Å². The Morgan fingerprint density at radius 1 is 0.750 bits per heavy atom. The second kappa shape index (κ2) is 2.92. The van der Waals surface area contributed by atoms with Crippen LogP contribution >= 0.6 is 12.2 Å². The van der Waals surface area contributed by atoms with Crippen LogP contribution in [0.4, 0.5) is 0 Å². The molecule has 7 heteroatoms. The molecule has 0 aliphatic rings. The smallest absolute Gasteiger partial charge is 0.314 e. The number of benzene rings is 1. The summed E-state index contributed by atoms with van der Waals surface area (Å²) in [5, 5.41) is 0. The van der Waals surface area contributed by atoms with Crippen molar-refractivity contribution in [2.45, 2.75) is 0 Å². The Bertz CT molecular complexity index is 797. The second-order valence-electron chi connectivity index (χ2n) is 3.43.